The van der Waals surface area contributed by atoms with E-state index in [0.717, 1.165) is 26.9 Å². The molecule has 0 spiro atoms. The van der Waals surface area contributed by atoms with E-state index in [0.29, 0.717) is 15.8 Å². The van der Waals surface area contributed by atoms with E-state index in [-0.39, 0.29) is 5.91 Å². The van der Waals surface area contributed by atoms with E-state index in [1.165, 1.54) is 11.3 Å². The summed E-state index contributed by atoms with van der Waals surface area (Å²) in [4.78, 5) is 17.1. The highest BCUT2D eigenvalue weighted by Gasteiger charge is 2.17. The van der Waals surface area contributed by atoms with Crippen molar-refractivity contribution < 1.29 is 9.53 Å². The molecule has 0 bridgehead atoms. The Bertz CT molecular complexity index is 1120. The van der Waals surface area contributed by atoms with Gasteiger partial charge in [-0.2, -0.15) is 0 Å². The molecule has 126 valence electrons. The van der Waals surface area contributed by atoms with E-state index in [1.807, 2.05) is 48.0 Å². The number of aromatic nitrogens is 2. The number of thiazole rings is 1. The Balaban J connectivity index is 1.70. The molecule has 25 heavy (non-hydrogen) atoms. The third kappa shape index (κ3) is 2.73. The smallest absolute Gasteiger partial charge is 0.274 e. The maximum Gasteiger partial charge on any atom is 0.274 e. The number of hydrogen-bond acceptors (Lipinski definition) is 4. The first kappa shape index (κ1) is 15.9. The summed E-state index contributed by atoms with van der Waals surface area (Å²) >= 11 is 7.39. The van der Waals surface area contributed by atoms with Gasteiger partial charge in [-0.05, 0) is 36.4 Å². The maximum atomic E-state index is 12.7. The summed E-state index contributed by atoms with van der Waals surface area (Å²) in [6.07, 6.45) is 0. The topological polar surface area (TPSA) is 56.1 Å². The fraction of sp³-hybridized carbons (Fsp3) is 0.111. The molecule has 0 aliphatic carbocycles. The molecular weight excluding hydrogens is 358 g/mol. The fourth-order valence-electron chi connectivity index (χ4n) is 2.84. The van der Waals surface area contributed by atoms with Crippen LogP contribution >= 0.6 is 22.9 Å². The summed E-state index contributed by atoms with van der Waals surface area (Å²) in [7, 11) is 3.47. The van der Waals surface area contributed by atoms with Gasteiger partial charge in [-0.3, -0.25) is 10.1 Å². The van der Waals surface area contributed by atoms with E-state index in [1.54, 1.807) is 13.2 Å². The zero-order valence-corrected chi connectivity index (χ0v) is 15.1. The number of rotatable bonds is 3. The van der Waals surface area contributed by atoms with E-state index < -0.39 is 0 Å². The second-order valence-electron chi connectivity index (χ2n) is 5.57. The number of methoxy groups -OCH3 is 1. The highest BCUT2D eigenvalue weighted by Crippen LogP contribution is 2.30. The van der Waals surface area contributed by atoms with Crippen LogP contribution in [-0.2, 0) is 7.05 Å². The molecule has 4 rings (SSSR count). The average molecular weight is 372 g/mol. The summed E-state index contributed by atoms with van der Waals surface area (Å²) in [6, 6.07) is 13.0. The lowest BCUT2D eigenvalue weighted by molar-refractivity contribution is 0.102. The quantitative estimate of drug-likeness (QED) is 0.567. The molecule has 0 fully saturated rings. The molecule has 7 heteroatoms. The monoisotopic (exact) mass is 371 g/mol. The molecule has 0 saturated carbocycles. The standard InChI is InChI=1S/C18H14ClN3O2S/c1-22-13-4-3-5-15(24-2)11(13)9-14(22)17(23)21-18-20-12-7-6-10(19)8-16(12)25-18/h3-9H,1-2H3,(H,20,21,23). The highest BCUT2D eigenvalue weighted by molar-refractivity contribution is 7.22. The van der Waals surface area contributed by atoms with Gasteiger partial charge in [0.2, 0.25) is 0 Å². The molecule has 0 aliphatic rings. The van der Waals surface area contributed by atoms with Gasteiger partial charge in [-0.15, -0.1) is 0 Å². The van der Waals surface area contributed by atoms with Crippen LogP contribution in [0.15, 0.2) is 42.5 Å². The lowest BCUT2D eigenvalue weighted by atomic mass is 10.2. The van der Waals surface area contributed by atoms with Gasteiger partial charge >= 0.3 is 0 Å². The number of nitrogens with one attached hydrogen (secondary N) is 1. The van der Waals surface area contributed by atoms with Crippen LogP contribution < -0.4 is 10.1 Å². The van der Waals surface area contributed by atoms with Crippen molar-refractivity contribution in [3.05, 3.63) is 53.2 Å². The number of amides is 1. The molecule has 0 unspecified atom stereocenters. The van der Waals surface area contributed by atoms with Crippen LogP contribution in [0.25, 0.3) is 21.1 Å². The van der Waals surface area contributed by atoms with E-state index >= 15 is 0 Å². The Labute approximate surface area is 152 Å². The molecule has 2 aromatic carbocycles. The Kier molecular flexibility index (Phi) is 3.86. The van der Waals surface area contributed by atoms with Gasteiger partial charge in [0.05, 0.1) is 22.8 Å². The van der Waals surface area contributed by atoms with Gasteiger partial charge in [0.25, 0.3) is 5.91 Å². The first-order valence-electron chi connectivity index (χ1n) is 7.56. The molecule has 0 saturated heterocycles. The van der Waals surface area contributed by atoms with Crippen molar-refractivity contribution in [1.29, 1.82) is 0 Å². The van der Waals surface area contributed by atoms with E-state index in [2.05, 4.69) is 10.3 Å². The first-order valence-corrected chi connectivity index (χ1v) is 8.76. The molecule has 1 amide bonds. The number of carbonyl (C=O) groups excluding carboxylic acids is 1. The normalized spacial score (nSPS) is 11.2. The van der Waals surface area contributed by atoms with Crippen LogP contribution in [0.3, 0.4) is 0 Å². The van der Waals surface area contributed by atoms with Gasteiger partial charge in [0.15, 0.2) is 5.13 Å². The van der Waals surface area contributed by atoms with Gasteiger partial charge in [0.1, 0.15) is 11.4 Å². The van der Waals surface area contributed by atoms with E-state index in [9.17, 15) is 4.79 Å². The van der Waals surface area contributed by atoms with Gasteiger partial charge in [-0.1, -0.05) is 29.0 Å². The molecule has 2 heterocycles. The van der Waals surface area contributed by atoms with Crippen LogP contribution in [0.1, 0.15) is 10.5 Å². The average Bonchev–Trinajstić information content (AvgIpc) is 3.15. The van der Waals surface area contributed by atoms with E-state index in [4.69, 9.17) is 16.3 Å². The fourth-order valence-corrected chi connectivity index (χ4v) is 3.98. The predicted molar refractivity (Wildman–Crippen MR) is 102 cm³/mol. The number of hydrogen-bond donors (Lipinski definition) is 1. The van der Waals surface area contributed by atoms with Crippen molar-refractivity contribution in [2.75, 3.05) is 12.4 Å². The van der Waals surface area contributed by atoms with Gasteiger partial charge in [0, 0.05) is 17.5 Å². The molecule has 5 nitrogen and oxygen atoms in total. The number of fused-ring (bicyclic) bond motifs is 2. The summed E-state index contributed by atoms with van der Waals surface area (Å²) in [6.45, 7) is 0. The summed E-state index contributed by atoms with van der Waals surface area (Å²) in [5.74, 6) is 0.521. The SMILES string of the molecule is COc1cccc2c1cc(C(=O)Nc1nc3ccc(Cl)cc3s1)n2C. The van der Waals surface area contributed by atoms with Crippen molar-refractivity contribution in [3.63, 3.8) is 0 Å². The predicted octanol–water partition coefficient (Wildman–Crippen LogP) is 4.70. The Morgan fingerprint density at radius 1 is 1.28 bits per heavy atom. The number of anilines is 1. The molecular formula is C18H14ClN3O2S. The summed E-state index contributed by atoms with van der Waals surface area (Å²) in [5, 5.41) is 4.96. The molecule has 1 N–H and O–H groups in total. The van der Waals surface area contributed by atoms with Crippen molar-refractivity contribution in [2.45, 2.75) is 0 Å². The van der Waals surface area contributed by atoms with Crippen LogP contribution in [0.5, 0.6) is 5.75 Å². The molecule has 2 aromatic heterocycles. The van der Waals surface area contributed by atoms with Crippen LogP contribution in [0.4, 0.5) is 5.13 Å². The zero-order chi connectivity index (χ0) is 17.6. The number of ether oxygens (including phenoxy) is 1. The lowest BCUT2D eigenvalue weighted by Gasteiger charge is -2.04. The molecule has 0 atom stereocenters. The van der Waals surface area contributed by atoms with Gasteiger partial charge < -0.3 is 9.30 Å². The van der Waals surface area contributed by atoms with Gasteiger partial charge in [-0.25, -0.2) is 4.98 Å². The minimum atomic E-state index is -0.217. The van der Waals surface area contributed by atoms with Crippen LogP contribution in [0, 0.1) is 0 Å². The second kappa shape index (κ2) is 6.06. The van der Waals surface area contributed by atoms with Crippen LogP contribution in [0.2, 0.25) is 5.02 Å². The maximum absolute atomic E-state index is 12.7. The Morgan fingerprint density at radius 3 is 2.92 bits per heavy atom. The van der Waals surface area contributed by atoms with Crippen molar-refractivity contribution in [3.8, 4) is 5.75 Å². The number of carbonyl (C=O) groups is 1. The minimum absolute atomic E-state index is 0.217. The summed E-state index contributed by atoms with van der Waals surface area (Å²) < 4.78 is 8.15. The van der Waals surface area contributed by atoms with Crippen molar-refractivity contribution in [1.82, 2.24) is 9.55 Å². The largest absolute Gasteiger partial charge is 0.496 e. The van der Waals surface area contributed by atoms with Crippen molar-refractivity contribution >= 4 is 55.1 Å². The molecule has 0 aliphatic heterocycles. The third-order valence-electron chi connectivity index (χ3n) is 4.07. The number of benzene rings is 2. The second-order valence-corrected chi connectivity index (χ2v) is 7.03. The first-order chi connectivity index (χ1) is 12.1. The number of nitrogens with zero attached hydrogens (tertiary/aromatic N) is 2. The van der Waals surface area contributed by atoms with Crippen LogP contribution in [-0.4, -0.2) is 22.6 Å². The zero-order valence-electron chi connectivity index (χ0n) is 13.5. The number of halogens is 1. The highest BCUT2D eigenvalue weighted by atomic mass is 35.5. The molecule has 4 aromatic rings. The molecule has 0 radical (unpaired) electrons. The minimum Gasteiger partial charge on any atom is -0.496 e. The van der Waals surface area contributed by atoms with Crippen molar-refractivity contribution in [2.24, 2.45) is 7.05 Å². The number of aryl methyl sites for hydroxylation is 1. The summed E-state index contributed by atoms with van der Waals surface area (Å²) in [5.41, 5.74) is 2.28. The lowest BCUT2D eigenvalue weighted by Crippen LogP contribution is -2.15. The Hall–Kier alpha value is -2.57. The third-order valence-corrected chi connectivity index (χ3v) is 5.24. The Morgan fingerprint density at radius 2 is 2.12 bits per heavy atom.